The third-order valence-corrected chi connectivity index (χ3v) is 3.61. The predicted octanol–water partition coefficient (Wildman–Crippen LogP) is 4.02. The lowest BCUT2D eigenvalue weighted by molar-refractivity contribution is 0.0741. The molecular formula is C17H28N2O. The second kappa shape index (κ2) is 8.62. The minimum atomic E-state index is 0.134. The minimum Gasteiger partial charge on any atom is -0.385 e. The quantitative estimate of drug-likeness (QED) is 0.778. The molecule has 1 aromatic carbocycles. The van der Waals surface area contributed by atoms with Gasteiger partial charge in [0, 0.05) is 30.9 Å². The van der Waals surface area contributed by atoms with Gasteiger partial charge in [-0.05, 0) is 43.5 Å². The molecule has 1 amide bonds. The predicted molar refractivity (Wildman–Crippen MR) is 86.3 cm³/mol. The first-order chi connectivity index (χ1) is 9.62. The van der Waals surface area contributed by atoms with Gasteiger partial charge in [-0.25, -0.2) is 0 Å². The van der Waals surface area contributed by atoms with Gasteiger partial charge in [-0.2, -0.15) is 0 Å². The number of hydrogen-bond acceptors (Lipinski definition) is 2. The topological polar surface area (TPSA) is 32.3 Å². The molecule has 3 nitrogen and oxygen atoms in total. The first-order valence-electron chi connectivity index (χ1n) is 7.75. The molecule has 1 N–H and O–H groups in total. The Hall–Kier alpha value is -1.51. The Morgan fingerprint density at radius 3 is 2.35 bits per heavy atom. The molecule has 0 aliphatic rings. The van der Waals surface area contributed by atoms with E-state index in [1.807, 2.05) is 36.1 Å². The molecule has 0 aliphatic carbocycles. The fourth-order valence-corrected chi connectivity index (χ4v) is 2.04. The van der Waals surface area contributed by atoms with E-state index in [0.29, 0.717) is 5.92 Å². The number of nitrogens with zero attached hydrogens (tertiary/aromatic N) is 1. The molecule has 1 aromatic rings. The average molecular weight is 276 g/mol. The van der Waals surface area contributed by atoms with Crippen molar-refractivity contribution in [2.24, 2.45) is 5.92 Å². The fourth-order valence-electron chi connectivity index (χ4n) is 2.04. The van der Waals surface area contributed by atoms with Crippen molar-refractivity contribution >= 4 is 11.6 Å². The standard InChI is InChI=1S/C17H28N2O/c1-5-12-18-16-10-8-15(9-11-16)17(20)19(7-3)13-14(4)6-2/h8-11,14,18H,5-7,12-13H2,1-4H3. The summed E-state index contributed by atoms with van der Waals surface area (Å²) in [4.78, 5) is 14.4. The Bertz CT molecular complexity index is 400. The highest BCUT2D eigenvalue weighted by molar-refractivity contribution is 5.94. The fraction of sp³-hybridized carbons (Fsp3) is 0.588. The molecular weight excluding hydrogens is 248 g/mol. The zero-order valence-corrected chi connectivity index (χ0v) is 13.3. The molecule has 3 heteroatoms. The van der Waals surface area contributed by atoms with Crippen molar-refractivity contribution in [3.8, 4) is 0 Å². The number of nitrogens with one attached hydrogen (secondary N) is 1. The highest BCUT2D eigenvalue weighted by Crippen LogP contribution is 2.13. The van der Waals surface area contributed by atoms with Crippen LogP contribution in [0.2, 0.25) is 0 Å². The summed E-state index contributed by atoms with van der Waals surface area (Å²) in [5, 5.41) is 3.32. The Labute approximate surface area is 123 Å². The lowest BCUT2D eigenvalue weighted by Crippen LogP contribution is -2.34. The van der Waals surface area contributed by atoms with Crippen molar-refractivity contribution in [3.63, 3.8) is 0 Å². The summed E-state index contributed by atoms with van der Waals surface area (Å²) in [5.74, 6) is 0.680. The van der Waals surface area contributed by atoms with Gasteiger partial charge in [-0.15, -0.1) is 0 Å². The molecule has 0 aliphatic heterocycles. The van der Waals surface area contributed by atoms with Gasteiger partial charge in [0.05, 0.1) is 0 Å². The maximum Gasteiger partial charge on any atom is 0.253 e. The van der Waals surface area contributed by atoms with Crippen LogP contribution < -0.4 is 5.32 Å². The van der Waals surface area contributed by atoms with Crippen LogP contribution in [0, 0.1) is 5.92 Å². The molecule has 1 atom stereocenters. The molecule has 0 bridgehead atoms. The van der Waals surface area contributed by atoms with Gasteiger partial charge in [-0.1, -0.05) is 27.2 Å². The van der Waals surface area contributed by atoms with Gasteiger partial charge in [0.2, 0.25) is 0 Å². The van der Waals surface area contributed by atoms with Crippen molar-refractivity contribution in [2.45, 2.75) is 40.5 Å². The van der Waals surface area contributed by atoms with Crippen LogP contribution in [0.25, 0.3) is 0 Å². The monoisotopic (exact) mass is 276 g/mol. The number of rotatable bonds is 8. The molecule has 20 heavy (non-hydrogen) atoms. The highest BCUT2D eigenvalue weighted by Gasteiger charge is 2.15. The van der Waals surface area contributed by atoms with E-state index in [9.17, 15) is 4.79 Å². The minimum absolute atomic E-state index is 0.134. The Morgan fingerprint density at radius 2 is 1.85 bits per heavy atom. The molecule has 1 rings (SSSR count). The third kappa shape index (κ3) is 4.87. The van der Waals surface area contributed by atoms with Crippen LogP contribution in [0.4, 0.5) is 5.69 Å². The van der Waals surface area contributed by atoms with E-state index in [1.165, 1.54) is 0 Å². The number of hydrogen-bond donors (Lipinski definition) is 1. The summed E-state index contributed by atoms with van der Waals surface area (Å²) >= 11 is 0. The van der Waals surface area contributed by atoms with Crippen LogP contribution in [-0.2, 0) is 0 Å². The molecule has 0 aromatic heterocycles. The molecule has 1 unspecified atom stereocenters. The second-order valence-corrected chi connectivity index (χ2v) is 5.36. The first-order valence-corrected chi connectivity index (χ1v) is 7.75. The van der Waals surface area contributed by atoms with Gasteiger partial charge in [0.1, 0.15) is 0 Å². The number of carbonyl (C=O) groups is 1. The largest absolute Gasteiger partial charge is 0.385 e. The Morgan fingerprint density at radius 1 is 1.20 bits per heavy atom. The second-order valence-electron chi connectivity index (χ2n) is 5.36. The van der Waals surface area contributed by atoms with Crippen LogP contribution in [-0.4, -0.2) is 30.4 Å². The molecule has 0 saturated heterocycles. The summed E-state index contributed by atoms with van der Waals surface area (Å²) in [6.45, 7) is 11.1. The molecule has 0 fully saturated rings. The highest BCUT2D eigenvalue weighted by atomic mass is 16.2. The zero-order chi connectivity index (χ0) is 15.0. The maximum atomic E-state index is 12.5. The number of carbonyl (C=O) groups excluding carboxylic acids is 1. The van der Waals surface area contributed by atoms with Crippen LogP contribution in [0.15, 0.2) is 24.3 Å². The smallest absolute Gasteiger partial charge is 0.253 e. The average Bonchev–Trinajstić information content (AvgIpc) is 2.50. The summed E-state index contributed by atoms with van der Waals surface area (Å²) in [5.41, 5.74) is 1.85. The molecule has 112 valence electrons. The molecule has 0 heterocycles. The molecule has 0 spiro atoms. The summed E-state index contributed by atoms with van der Waals surface area (Å²) in [6.07, 6.45) is 2.20. The van der Waals surface area contributed by atoms with E-state index in [0.717, 1.165) is 43.7 Å². The Kier molecular flexibility index (Phi) is 7.13. The van der Waals surface area contributed by atoms with Gasteiger partial charge in [0.25, 0.3) is 5.91 Å². The number of benzene rings is 1. The Balaban J connectivity index is 2.69. The van der Waals surface area contributed by atoms with Crippen LogP contribution >= 0.6 is 0 Å². The van der Waals surface area contributed by atoms with Crippen LogP contribution in [0.3, 0.4) is 0 Å². The van der Waals surface area contributed by atoms with Crippen molar-refractivity contribution in [1.29, 1.82) is 0 Å². The van der Waals surface area contributed by atoms with E-state index >= 15 is 0 Å². The summed E-state index contributed by atoms with van der Waals surface area (Å²) in [7, 11) is 0. The van der Waals surface area contributed by atoms with E-state index in [2.05, 4.69) is 26.1 Å². The van der Waals surface area contributed by atoms with Crippen molar-refractivity contribution in [1.82, 2.24) is 4.90 Å². The van der Waals surface area contributed by atoms with E-state index in [1.54, 1.807) is 0 Å². The summed E-state index contributed by atoms with van der Waals surface area (Å²) in [6, 6.07) is 7.80. The third-order valence-electron chi connectivity index (χ3n) is 3.61. The van der Waals surface area contributed by atoms with Gasteiger partial charge < -0.3 is 10.2 Å². The number of amides is 1. The molecule has 0 radical (unpaired) electrons. The lowest BCUT2D eigenvalue weighted by Gasteiger charge is -2.24. The van der Waals surface area contributed by atoms with Crippen molar-refractivity contribution in [2.75, 3.05) is 25.0 Å². The van der Waals surface area contributed by atoms with Crippen LogP contribution in [0.1, 0.15) is 50.9 Å². The zero-order valence-electron chi connectivity index (χ0n) is 13.3. The summed E-state index contributed by atoms with van der Waals surface area (Å²) < 4.78 is 0. The lowest BCUT2D eigenvalue weighted by atomic mass is 10.1. The van der Waals surface area contributed by atoms with Crippen molar-refractivity contribution < 1.29 is 4.79 Å². The van der Waals surface area contributed by atoms with E-state index in [-0.39, 0.29) is 5.91 Å². The number of anilines is 1. The van der Waals surface area contributed by atoms with E-state index in [4.69, 9.17) is 0 Å². The van der Waals surface area contributed by atoms with E-state index < -0.39 is 0 Å². The van der Waals surface area contributed by atoms with Gasteiger partial charge in [-0.3, -0.25) is 4.79 Å². The van der Waals surface area contributed by atoms with Gasteiger partial charge >= 0.3 is 0 Å². The molecule has 0 saturated carbocycles. The van der Waals surface area contributed by atoms with Crippen molar-refractivity contribution in [3.05, 3.63) is 29.8 Å². The first kappa shape index (κ1) is 16.5. The van der Waals surface area contributed by atoms with Gasteiger partial charge in [0.15, 0.2) is 0 Å². The maximum absolute atomic E-state index is 12.5. The van der Waals surface area contributed by atoms with Crippen LogP contribution in [0.5, 0.6) is 0 Å². The normalized spacial score (nSPS) is 12.0. The SMILES string of the molecule is CCCNc1ccc(C(=O)N(CC)CC(C)CC)cc1.